The molecular formula is C22H29N3O5. The largest absolute Gasteiger partial charge is 0.486 e. The molecule has 1 unspecified atom stereocenters. The summed E-state index contributed by atoms with van der Waals surface area (Å²) in [7, 11) is 0. The number of benzene rings is 1. The summed E-state index contributed by atoms with van der Waals surface area (Å²) < 4.78 is 11.5. The van der Waals surface area contributed by atoms with Crippen LogP contribution in [-0.2, 0) is 14.3 Å². The number of likely N-dealkylation sites (tertiary alicyclic amines) is 1. The number of Topliss-reactive ketones (excluding diaryl/α,β-unsaturated/α-hetero) is 1. The number of fused-ring (bicyclic) bond motifs is 1. The van der Waals surface area contributed by atoms with Gasteiger partial charge in [0.05, 0.1) is 31.7 Å². The van der Waals surface area contributed by atoms with Gasteiger partial charge in [-0.2, -0.15) is 0 Å². The Balaban J connectivity index is 1.30. The number of carbonyl (C=O) groups excluding carboxylic acids is 3. The zero-order chi connectivity index (χ0) is 21.0. The summed E-state index contributed by atoms with van der Waals surface area (Å²) in [6.45, 7) is 5.00. The van der Waals surface area contributed by atoms with Crippen molar-refractivity contribution in [2.24, 2.45) is 0 Å². The number of ether oxygens (including phenoxy) is 2. The third-order valence-corrected chi connectivity index (χ3v) is 6.17. The Kier molecular flexibility index (Phi) is 6.34. The Labute approximate surface area is 176 Å². The van der Waals surface area contributed by atoms with Crippen LogP contribution in [0.2, 0.25) is 0 Å². The molecule has 2 fully saturated rings. The maximum absolute atomic E-state index is 12.6. The lowest BCUT2D eigenvalue weighted by molar-refractivity contribution is -0.135. The molecule has 1 N–H and O–H groups in total. The molecule has 0 saturated carbocycles. The second kappa shape index (κ2) is 9.14. The molecule has 0 aromatic heterocycles. The van der Waals surface area contributed by atoms with E-state index in [9.17, 15) is 14.4 Å². The molecule has 1 aromatic carbocycles. The van der Waals surface area contributed by atoms with E-state index < -0.39 is 5.60 Å². The third-order valence-electron chi connectivity index (χ3n) is 6.17. The molecule has 1 atom stereocenters. The topological polar surface area (TPSA) is 88.2 Å². The molecule has 1 aromatic rings. The summed E-state index contributed by atoms with van der Waals surface area (Å²) in [6.07, 6.45) is 1.58. The summed E-state index contributed by atoms with van der Waals surface area (Å²) in [5.74, 6) is 0.428. The van der Waals surface area contributed by atoms with E-state index >= 15 is 0 Å². The number of amides is 2. The first kappa shape index (κ1) is 20.8. The number of hydrogen-bond acceptors (Lipinski definition) is 6. The molecule has 3 aliphatic rings. The highest BCUT2D eigenvalue weighted by Gasteiger charge is 2.43. The number of ketones is 1. The van der Waals surface area contributed by atoms with Gasteiger partial charge in [-0.3, -0.25) is 19.3 Å². The lowest BCUT2D eigenvalue weighted by Gasteiger charge is -2.37. The van der Waals surface area contributed by atoms with E-state index in [0.717, 1.165) is 32.8 Å². The van der Waals surface area contributed by atoms with E-state index in [1.54, 1.807) is 17.0 Å². The zero-order valence-electron chi connectivity index (χ0n) is 17.2. The smallest absolute Gasteiger partial charge is 0.239 e. The number of nitrogens with zero attached hydrogens (tertiary/aromatic N) is 2. The summed E-state index contributed by atoms with van der Waals surface area (Å²) in [4.78, 5) is 41.4. The molecular weight excluding hydrogens is 386 g/mol. The average molecular weight is 415 g/mol. The fraction of sp³-hybridized carbons (Fsp3) is 0.591. The minimum absolute atomic E-state index is 0.0442. The predicted molar refractivity (Wildman–Crippen MR) is 109 cm³/mol. The Morgan fingerprint density at radius 1 is 1.10 bits per heavy atom. The fourth-order valence-corrected chi connectivity index (χ4v) is 4.38. The monoisotopic (exact) mass is 415 g/mol. The SMILES string of the molecule is O=C(CN1CCC2(CCC1=O)CC(=O)c1ccccc1O2)NCCN1CCOCC1. The molecule has 30 heavy (non-hydrogen) atoms. The first-order valence-electron chi connectivity index (χ1n) is 10.7. The second-order valence-corrected chi connectivity index (χ2v) is 8.25. The van der Waals surface area contributed by atoms with Crippen molar-refractivity contribution < 1.29 is 23.9 Å². The van der Waals surface area contributed by atoms with Crippen molar-refractivity contribution >= 4 is 17.6 Å². The number of carbonyl (C=O) groups is 3. The van der Waals surface area contributed by atoms with Crippen LogP contribution in [0.3, 0.4) is 0 Å². The van der Waals surface area contributed by atoms with Gasteiger partial charge in [-0.25, -0.2) is 0 Å². The molecule has 162 valence electrons. The van der Waals surface area contributed by atoms with Gasteiger partial charge in [0.15, 0.2) is 5.78 Å². The number of morpholine rings is 1. The molecule has 8 nitrogen and oxygen atoms in total. The van der Waals surface area contributed by atoms with Crippen molar-refractivity contribution in [1.82, 2.24) is 15.1 Å². The van der Waals surface area contributed by atoms with Gasteiger partial charge in [-0.05, 0) is 18.6 Å². The predicted octanol–water partition coefficient (Wildman–Crippen LogP) is 0.852. The average Bonchev–Trinajstić information content (AvgIpc) is 2.89. The van der Waals surface area contributed by atoms with Crippen molar-refractivity contribution in [2.75, 3.05) is 52.5 Å². The van der Waals surface area contributed by atoms with Crippen LogP contribution < -0.4 is 10.1 Å². The van der Waals surface area contributed by atoms with Crippen LogP contribution in [0.25, 0.3) is 0 Å². The van der Waals surface area contributed by atoms with Crippen LogP contribution >= 0.6 is 0 Å². The van der Waals surface area contributed by atoms with Gasteiger partial charge >= 0.3 is 0 Å². The molecule has 0 radical (unpaired) electrons. The Hall–Kier alpha value is -2.45. The maximum Gasteiger partial charge on any atom is 0.239 e. The van der Waals surface area contributed by atoms with Crippen LogP contribution in [-0.4, -0.2) is 85.5 Å². The van der Waals surface area contributed by atoms with Gasteiger partial charge in [0.1, 0.15) is 11.4 Å². The number of nitrogens with one attached hydrogen (secondary N) is 1. The van der Waals surface area contributed by atoms with Crippen LogP contribution in [0.1, 0.15) is 36.0 Å². The van der Waals surface area contributed by atoms with E-state index in [1.165, 1.54) is 0 Å². The molecule has 1 spiro atoms. The van der Waals surface area contributed by atoms with Crippen molar-refractivity contribution in [1.29, 1.82) is 0 Å². The van der Waals surface area contributed by atoms with Crippen molar-refractivity contribution in [3.63, 3.8) is 0 Å². The normalized spacial score (nSPS) is 24.9. The van der Waals surface area contributed by atoms with E-state index in [-0.39, 0.29) is 37.0 Å². The second-order valence-electron chi connectivity index (χ2n) is 8.25. The van der Waals surface area contributed by atoms with Gasteiger partial charge in [0, 0.05) is 45.6 Å². The Morgan fingerprint density at radius 2 is 1.90 bits per heavy atom. The van der Waals surface area contributed by atoms with E-state index in [1.807, 2.05) is 12.1 Å². The third kappa shape index (κ3) is 4.82. The first-order valence-corrected chi connectivity index (χ1v) is 10.7. The summed E-state index contributed by atoms with van der Waals surface area (Å²) >= 11 is 0. The van der Waals surface area contributed by atoms with Gasteiger partial charge in [0.2, 0.25) is 11.8 Å². The molecule has 3 heterocycles. The van der Waals surface area contributed by atoms with E-state index in [2.05, 4.69) is 10.2 Å². The van der Waals surface area contributed by atoms with Gasteiger partial charge < -0.3 is 19.7 Å². The molecule has 4 rings (SSSR count). The van der Waals surface area contributed by atoms with E-state index in [4.69, 9.17) is 9.47 Å². The number of hydrogen-bond donors (Lipinski definition) is 1. The maximum atomic E-state index is 12.6. The summed E-state index contributed by atoms with van der Waals surface area (Å²) in [6, 6.07) is 7.26. The van der Waals surface area contributed by atoms with Crippen molar-refractivity contribution in [3.05, 3.63) is 29.8 Å². The summed E-state index contributed by atoms with van der Waals surface area (Å²) in [5, 5.41) is 2.91. The van der Waals surface area contributed by atoms with Crippen LogP contribution in [0.5, 0.6) is 5.75 Å². The fourth-order valence-electron chi connectivity index (χ4n) is 4.38. The zero-order valence-corrected chi connectivity index (χ0v) is 17.2. The molecule has 3 aliphatic heterocycles. The Bertz CT molecular complexity index is 808. The van der Waals surface area contributed by atoms with Crippen LogP contribution in [0.4, 0.5) is 0 Å². The van der Waals surface area contributed by atoms with Gasteiger partial charge in [-0.1, -0.05) is 12.1 Å². The highest BCUT2D eigenvalue weighted by Crippen LogP contribution is 2.39. The highest BCUT2D eigenvalue weighted by molar-refractivity contribution is 6.00. The molecule has 0 aliphatic carbocycles. The molecule has 2 saturated heterocycles. The van der Waals surface area contributed by atoms with Crippen molar-refractivity contribution in [3.8, 4) is 5.75 Å². The van der Waals surface area contributed by atoms with E-state index in [0.29, 0.717) is 37.2 Å². The Morgan fingerprint density at radius 3 is 2.73 bits per heavy atom. The lowest BCUT2D eigenvalue weighted by Crippen LogP contribution is -2.45. The minimum atomic E-state index is -0.664. The number of rotatable bonds is 5. The quantitative estimate of drug-likeness (QED) is 0.767. The van der Waals surface area contributed by atoms with Crippen LogP contribution in [0, 0.1) is 0 Å². The lowest BCUT2D eigenvalue weighted by atomic mass is 9.84. The van der Waals surface area contributed by atoms with Gasteiger partial charge in [0.25, 0.3) is 0 Å². The standard InChI is InChI=1S/C22H29N3O5/c26-18-15-22(30-19-4-2-1-3-17(18)19)6-5-21(28)25(9-7-22)16-20(27)23-8-10-24-11-13-29-14-12-24/h1-4H,5-16H2,(H,23,27). The molecule has 2 amide bonds. The number of para-hydroxylation sites is 1. The minimum Gasteiger partial charge on any atom is -0.486 e. The first-order chi connectivity index (χ1) is 14.5. The molecule has 0 bridgehead atoms. The van der Waals surface area contributed by atoms with Crippen LogP contribution in [0.15, 0.2) is 24.3 Å². The molecule has 8 heteroatoms. The highest BCUT2D eigenvalue weighted by atomic mass is 16.5. The summed E-state index contributed by atoms with van der Waals surface area (Å²) in [5.41, 5.74) is -0.0574. The van der Waals surface area contributed by atoms with Crippen molar-refractivity contribution in [2.45, 2.75) is 31.3 Å². The van der Waals surface area contributed by atoms with Gasteiger partial charge in [-0.15, -0.1) is 0 Å².